The zero-order chi connectivity index (χ0) is 15.6. The molecule has 0 atom stereocenters. The molecule has 2 aromatic rings. The molecule has 21 heavy (non-hydrogen) atoms. The minimum Gasteiger partial charge on any atom is -0.326 e. The third-order valence-corrected chi connectivity index (χ3v) is 4.40. The van der Waals surface area contributed by atoms with Crippen LogP contribution in [0, 0.1) is 11.6 Å². The summed E-state index contributed by atoms with van der Waals surface area (Å²) in [5.74, 6) is -1.61. The Bertz CT molecular complexity index is 782. The summed E-state index contributed by atoms with van der Waals surface area (Å²) >= 11 is 5.78. The van der Waals surface area contributed by atoms with Gasteiger partial charge in [-0.25, -0.2) is 17.2 Å². The van der Waals surface area contributed by atoms with Gasteiger partial charge < -0.3 is 5.73 Å². The number of anilines is 1. The maximum Gasteiger partial charge on any atom is 0.264 e. The minimum absolute atomic E-state index is 0.00429. The van der Waals surface area contributed by atoms with E-state index in [9.17, 15) is 17.2 Å². The summed E-state index contributed by atoms with van der Waals surface area (Å²) in [5, 5.41) is -0.00429. The Balaban J connectivity index is 2.45. The van der Waals surface area contributed by atoms with E-state index in [1.165, 1.54) is 12.1 Å². The van der Waals surface area contributed by atoms with E-state index in [1.807, 2.05) is 0 Å². The molecule has 0 fully saturated rings. The van der Waals surface area contributed by atoms with E-state index in [-0.39, 0.29) is 17.3 Å². The fraction of sp³-hybridized carbons (Fsp3) is 0.0769. The molecule has 0 saturated carbocycles. The topological polar surface area (TPSA) is 72.2 Å². The van der Waals surface area contributed by atoms with Gasteiger partial charge in [0.1, 0.15) is 16.5 Å². The monoisotopic (exact) mass is 332 g/mol. The molecule has 0 spiro atoms. The van der Waals surface area contributed by atoms with Gasteiger partial charge in [0.2, 0.25) is 0 Å². The maximum absolute atomic E-state index is 13.7. The zero-order valence-corrected chi connectivity index (χ0v) is 12.2. The summed E-state index contributed by atoms with van der Waals surface area (Å²) < 4.78 is 53.3. The third-order valence-electron chi connectivity index (χ3n) is 2.69. The standard InChI is InChI=1S/C13H11ClF2N2O2S/c14-10-3-2-9(15)6-12(10)18-21(19,20)13-5-8(7-17)1-4-11(13)16/h1-6,18H,7,17H2. The largest absolute Gasteiger partial charge is 0.326 e. The van der Waals surface area contributed by atoms with Gasteiger partial charge >= 0.3 is 0 Å². The number of hydrogen-bond acceptors (Lipinski definition) is 3. The SMILES string of the molecule is NCc1ccc(F)c(S(=O)(=O)Nc2cc(F)ccc2Cl)c1. The van der Waals surface area contributed by atoms with Crippen LogP contribution in [0.15, 0.2) is 41.3 Å². The maximum atomic E-state index is 13.7. The molecule has 0 amide bonds. The highest BCUT2D eigenvalue weighted by Crippen LogP contribution is 2.26. The first-order valence-electron chi connectivity index (χ1n) is 5.80. The Morgan fingerprint density at radius 1 is 1.14 bits per heavy atom. The van der Waals surface area contributed by atoms with Crippen LogP contribution in [-0.4, -0.2) is 8.42 Å². The molecule has 0 aliphatic carbocycles. The van der Waals surface area contributed by atoms with Crippen molar-refractivity contribution in [3.63, 3.8) is 0 Å². The smallest absolute Gasteiger partial charge is 0.264 e. The van der Waals surface area contributed by atoms with Crippen LogP contribution in [0.3, 0.4) is 0 Å². The van der Waals surface area contributed by atoms with Gasteiger partial charge in [-0.15, -0.1) is 0 Å². The minimum atomic E-state index is -4.25. The first kappa shape index (κ1) is 15.7. The predicted molar refractivity (Wildman–Crippen MR) is 76.5 cm³/mol. The van der Waals surface area contributed by atoms with Crippen LogP contribution in [0.2, 0.25) is 5.02 Å². The molecular formula is C13H11ClF2N2O2S. The first-order valence-corrected chi connectivity index (χ1v) is 7.66. The second-order valence-corrected chi connectivity index (χ2v) is 6.26. The number of hydrogen-bond donors (Lipinski definition) is 2. The average Bonchev–Trinajstić information content (AvgIpc) is 2.43. The Morgan fingerprint density at radius 3 is 2.52 bits per heavy atom. The van der Waals surface area contributed by atoms with Crippen molar-refractivity contribution < 1.29 is 17.2 Å². The van der Waals surface area contributed by atoms with Crippen molar-refractivity contribution in [2.24, 2.45) is 5.73 Å². The van der Waals surface area contributed by atoms with Gasteiger partial charge in [-0.2, -0.15) is 0 Å². The Hall–Kier alpha value is -1.70. The van der Waals surface area contributed by atoms with Crippen molar-refractivity contribution in [1.29, 1.82) is 0 Å². The fourth-order valence-electron chi connectivity index (χ4n) is 1.66. The summed E-state index contributed by atoms with van der Waals surface area (Å²) in [7, 11) is -4.25. The highest BCUT2D eigenvalue weighted by atomic mass is 35.5. The Morgan fingerprint density at radius 2 is 1.86 bits per heavy atom. The summed E-state index contributed by atoms with van der Waals surface area (Å²) in [5.41, 5.74) is 5.67. The van der Waals surface area contributed by atoms with Gasteiger partial charge in [0.25, 0.3) is 10.0 Å². The lowest BCUT2D eigenvalue weighted by atomic mass is 10.2. The van der Waals surface area contributed by atoms with E-state index >= 15 is 0 Å². The van der Waals surface area contributed by atoms with Crippen molar-refractivity contribution in [3.05, 3.63) is 58.6 Å². The second-order valence-electron chi connectivity index (χ2n) is 4.20. The van der Waals surface area contributed by atoms with Crippen LogP contribution in [0.25, 0.3) is 0 Å². The van der Waals surface area contributed by atoms with E-state index in [0.717, 1.165) is 24.3 Å². The number of nitrogens with two attached hydrogens (primary N) is 1. The van der Waals surface area contributed by atoms with Gasteiger partial charge in [0.15, 0.2) is 0 Å². The molecule has 0 radical (unpaired) electrons. The molecule has 2 rings (SSSR count). The number of nitrogens with one attached hydrogen (secondary N) is 1. The summed E-state index contributed by atoms with van der Waals surface area (Å²) in [6.45, 7) is 0.0590. The van der Waals surface area contributed by atoms with Crippen molar-refractivity contribution in [1.82, 2.24) is 0 Å². The second kappa shape index (κ2) is 5.97. The van der Waals surface area contributed by atoms with Crippen molar-refractivity contribution >= 4 is 27.3 Å². The van der Waals surface area contributed by atoms with Crippen molar-refractivity contribution in [2.45, 2.75) is 11.4 Å². The molecule has 0 saturated heterocycles. The zero-order valence-electron chi connectivity index (χ0n) is 10.6. The normalized spacial score (nSPS) is 11.4. The average molecular weight is 333 g/mol. The number of rotatable bonds is 4. The first-order chi connectivity index (χ1) is 9.83. The lowest BCUT2D eigenvalue weighted by Gasteiger charge is -2.11. The lowest BCUT2D eigenvalue weighted by molar-refractivity contribution is 0.569. The van der Waals surface area contributed by atoms with E-state index < -0.39 is 26.6 Å². The summed E-state index contributed by atoms with van der Waals surface area (Å²) in [4.78, 5) is -0.578. The van der Waals surface area contributed by atoms with Crippen LogP contribution < -0.4 is 10.5 Å². The third kappa shape index (κ3) is 3.49. The molecular weight excluding hydrogens is 322 g/mol. The highest BCUT2D eigenvalue weighted by Gasteiger charge is 2.21. The van der Waals surface area contributed by atoms with Gasteiger partial charge in [-0.3, -0.25) is 4.72 Å². The number of halogens is 3. The molecule has 2 aromatic carbocycles. The van der Waals surface area contributed by atoms with Crippen molar-refractivity contribution in [2.75, 3.05) is 4.72 Å². The lowest BCUT2D eigenvalue weighted by Crippen LogP contribution is -2.15. The molecule has 4 nitrogen and oxygen atoms in total. The van der Waals surface area contributed by atoms with Crippen LogP contribution >= 0.6 is 11.6 Å². The Labute approximate surface area is 125 Å². The van der Waals surface area contributed by atoms with Gasteiger partial charge in [0.05, 0.1) is 10.7 Å². The quantitative estimate of drug-likeness (QED) is 0.904. The van der Waals surface area contributed by atoms with Crippen LogP contribution in [-0.2, 0) is 16.6 Å². The van der Waals surface area contributed by atoms with E-state index in [4.69, 9.17) is 17.3 Å². The predicted octanol–water partition coefficient (Wildman–Crippen LogP) is 2.88. The van der Waals surface area contributed by atoms with Crippen molar-refractivity contribution in [3.8, 4) is 0 Å². The molecule has 112 valence electrons. The highest BCUT2D eigenvalue weighted by molar-refractivity contribution is 7.92. The van der Waals surface area contributed by atoms with Crippen LogP contribution in [0.4, 0.5) is 14.5 Å². The summed E-state index contributed by atoms with van der Waals surface area (Å²) in [6.07, 6.45) is 0. The van der Waals surface area contributed by atoms with E-state index in [0.29, 0.717) is 5.56 Å². The van der Waals surface area contributed by atoms with Crippen LogP contribution in [0.5, 0.6) is 0 Å². The fourth-order valence-corrected chi connectivity index (χ4v) is 3.08. The molecule has 0 aliphatic rings. The van der Waals surface area contributed by atoms with E-state index in [2.05, 4.69) is 4.72 Å². The number of sulfonamides is 1. The van der Waals surface area contributed by atoms with Gasteiger partial charge in [-0.05, 0) is 35.9 Å². The summed E-state index contributed by atoms with van der Waals surface area (Å²) in [6, 6.07) is 6.68. The molecule has 0 unspecified atom stereocenters. The molecule has 0 aliphatic heterocycles. The Kier molecular flexibility index (Phi) is 4.46. The van der Waals surface area contributed by atoms with E-state index in [1.54, 1.807) is 0 Å². The number of benzene rings is 2. The van der Waals surface area contributed by atoms with Gasteiger partial charge in [-0.1, -0.05) is 17.7 Å². The molecule has 3 N–H and O–H groups in total. The molecule has 0 bridgehead atoms. The van der Waals surface area contributed by atoms with Gasteiger partial charge in [0, 0.05) is 6.54 Å². The molecule has 0 heterocycles. The molecule has 8 heteroatoms. The van der Waals surface area contributed by atoms with Crippen LogP contribution in [0.1, 0.15) is 5.56 Å². The molecule has 0 aromatic heterocycles.